The first kappa shape index (κ1) is 19.6. The number of para-hydroxylation sites is 1. The molecule has 158 valence electrons. The van der Waals surface area contributed by atoms with Crippen LogP contribution in [0.5, 0.6) is 0 Å². The van der Waals surface area contributed by atoms with Crippen molar-refractivity contribution in [3.8, 4) is 11.3 Å². The lowest BCUT2D eigenvalue weighted by Crippen LogP contribution is -2.39. The zero-order chi connectivity index (χ0) is 21.4. The number of aryl methyl sites for hydroxylation is 1. The largest absolute Gasteiger partial charge is 0.370 e. The van der Waals surface area contributed by atoms with Gasteiger partial charge < -0.3 is 15.2 Å². The minimum Gasteiger partial charge on any atom is -0.370 e. The van der Waals surface area contributed by atoms with Crippen LogP contribution in [0.1, 0.15) is 5.56 Å². The highest BCUT2D eigenvalue weighted by molar-refractivity contribution is 7.92. The highest BCUT2D eigenvalue weighted by Crippen LogP contribution is 2.30. The van der Waals surface area contributed by atoms with Crippen molar-refractivity contribution in [1.82, 2.24) is 15.0 Å². The predicted octanol–water partition coefficient (Wildman–Crippen LogP) is 4.54. The third kappa shape index (κ3) is 3.98. The van der Waals surface area contributed by atoms with Crippen molar-refractivity contribution in [3.05, 3.63) is 66.5 Å². The number of aromatic nitrogens is 3. The summed E-state index contributed by atoms with van der Waals surface area (Å²) in [4.78, 5) is 14.7. The predicted molar refractivity (Wildman–Crippen MR) is 127 cm³/mol. The Balaban J connectivity index is 1.37. The number of nitrogens with zero attached hydrogens (tertiary/aromatic N) is 3. The number of fused-ring (bicyclic) bond motifs is 1. The summed E-state index contributed by atoms with van der Waals surface area (Å²) < 4.78 is 19.6. The average molecular weight is 433 g/mol. The normalized spacial score (nSPS) is 15.8. The van der Waals surface area contributed by atoms with Crippen molar-refractivity contribution >= 4 is 38.0 Å². The lowest BCUT2D eigenvalue weighted by Gasteiger charge is -2.30. The maximum atomic E-state index is 11.9. The van der Waals surface area contributed by atoms with E-state index in [1.54, 1.807) is 0 Å². The number of aromatic amines is 1. The Morgan fingerprint density at radius 2 is 1.84 bits per heavy atom. The standard InChI is InChI=1S/C23H24N6OS/c1-16-14-26-23(28-22(16)20-15-25-21-5-3-2-4-19(20)21)27-17-6-8-18(9-7-17)29-10-12-31(24,30)13-11-29/h2-9,14-15,24-25H,10-13H2,1H3,(H,26,27,28). The molecule has 0 radical (unpaired) electrons. The van der Waals surface area contributed by atoms with Crippen LogP contribution in [0.4, 0.5) is 17.3 Å². The van der Waals surface area contributed by atoms with Gasteiger partial charge in [-0.15, -0.1) is 0 Å². The Kier molecular flexibility index (Phi) is 4.86. The molecule has 3 heterocycles. The first-order valence-electron chi connectivity index (χ1n) is 10.2. The molecule has 1 saturated heterocycles. The molecule has 1 aliphatic heterocycles. The second-order valence-corrected chi connectivity index (χ2v) is 10.3. The Hall–Kier alpha value is -3.39. The van der Waals surface area contributed by atoms with Crippen LogP contribution in [0, 0.1) is 11.7 Å². The molecule has 1 aliphatic rings. The molecule has 0 saturated carbocycles. The molecule has 4 aromatic rings. The number of benzene rings is 2. The molecule has 0 amide bonds. The smallest absolute Gasteiger partial charge is 0.227 e. The molecule has 0 aliphatic carbocycles. The van der Waals surface area contributed by atoms with Gasteiger partial charge in [0.2, 0.25) is 5.95 Å². The number of hydrogen-bond acceptors (Lipinski definition) is 6. The third-order valence-corrected chi connectivity index (χ3v) is 7.37. The van der Waals surface area contributed by atoms with E-state index in [-0.39, 0.29) is 0 Å². The van der Waals surface area contributed by atoms with Crippen LogP contribution in [0.3, 0.4) is 0 Å². The van der Waals surface area contributed by atoms with Gasteiger partial charge in [0.25, 0.3) is 0 Å². The van der Waals surface area contributed by atoms with Crippen molar-refractivity contribution in [1.29, 1.82) is 4.78 Å². The van der Waals surface area contributed by atoms with E-state index >= 15 is 0 Å². The van der Waals surface area contributed by atoms with Crippen LogP contribution < -0.4 is 10.2 Å². The van der Waals surface area contributed by atoms with Crippen molar-refractivity contribution in [3.63, 3.8) is 0 Å². The third-order valence-electron chi connectivity index (χ3n) is 5.69. The number of hydrogen-bond donors (Lipinski definition) is 3. The van der Waals surface area contributed by atoms with Crippen molar-refractivity contribution in [2.45, 2.75) is 6.92 Å². The van der Waals surface area contributed by atoms with Gasteiger partial charge in [0, 0.05) is 74.6 Å². The molecule has 0 spiro atoms. The molecule has 0 bridgehead atoms. The summed E-state index contributed by atoms with van der Waals surface area (Å²) in [5.41, 5.74) is 6.04. The first-order valence-corrected chi connectivity index (χ1v) is 12.1. The van der Waals surface area contributed by atoms with Gasteiger partial charge in [-0.1, -0.05) is 18.2 Å². The highest BCUT2D eigenvalue weighted by atomic mass is 32.2. The summed E-state index contributed by atoms with van der Waals surface area (Å²) >= 11 is 0. The molecule has 8 heteroatoms. The minimum atomic E-state index is -2.39. The van der Waals surface area contributed by atoms with E-state index in [0.29, 0.717) is 30.5 Å². The van der Waals surface area contributed by atoms with Crippen LogP contribution in [-0.4, -0.2) is 43.8 Å². The zero-order valence-corrected chi connectivity index (χ0v) is 18.1. The topological polar surface area (TPSA) is 97.8 Å². The molecule has 0 unspecified atom stereocenters. The maximum absolute atomic E-state index is 11.9. The second-order valence-electron chi connectivity index (χ2n) is 7.85. The number of H-pyrrole nitrogens is 1. The van der Waals surface area contributed by atoms with Crippen LogP contribution >= 0.6 is 0 Å². The van der Waals surface area contributed by atoms with E-state index in [1.165, 1.54) is 0 Å². The van der Waals surface area contributed by atoms with Gasteiger partial charge >= 0.3 is 0 Å². The highest BCUT2D eigenvalue weighted by Gasteiger charge is 2.19. The maximum Gasteiger partial charge on any atom is 0.227 e. The summed E-state index contributed by atoms with van der Waals surface area (Å²) in [7, 11) is -2.39. The molecular weight excluding hydrogens is 408 g/mol. The quantitative estimate of drug-likeness (QED) is 0.440. The van der Waals surface area contributed by atoms with Crippen molar-refractivity contribution in [2.75, 3.05) is 34.8 Å². The van der Waals surface area contributed by atoms with E-state index in [4.69, 9.17) is 9.76 Å². The molecule has 2 aromatic carbocycles. The summed E-state index contributed by atoms with van der Waals surface area (Å²) in [6, 6.07) is 16.3. The SMILES string of the molecule is Cc1cnc(Nc2ccc(N3CCS(=N)(=O)CC3)cc2)nc1-c1c[nH]c2ccccc12. The second kappa shape index (κ2) is 7.70. The molecule has 31 heavy (non-hydrogen) atoms. The van der Waals surface area contributed by atoms with Gasteiger partial charge in [0.1, 0.15) is 0 Å². The molecule has 7 nitrogen and oxygen atoms in total. The number of rotatable bonds is 4. The van der Waals surface area contributed by atoms with Gasteiger partial charge in [-0.05, 0) is 42.8 Å². The van der Waals surface area contributed by atoms with E-state index in [9.17, 15) is 4.21 Å². The van der Waals surface area contributed by atoms with Gasteiger partial charge in [0.05, 0.1) is 5.69 Å². The molecule has 2 aromatic heterocycles. The Morgan fingerprint density at radius 1 is 1.10 bits per heavy atom. The molecule has 3 N–H and O–H groups in total. The van der Waals surface area contributed by atoms with Crippen molar-refractivity contribution in [2.24, 2.45) is 0 Å². The van der Waals surface area contributed by atoms with Crippen LogP contribution in [-0.2, 0) is 9.73 Å². The van der Waals surface area contributed by atoms with E-state index < -0.39 is 9.73 Å². The van der Waals surface area contributed by atoms with Gasteiger partial charge in [0.15, 0.2) is 0 Å². The Labute approximate surface area is 181 Å². The lowest BCUT2D eigenvalue weighted by atomic mass is 10.1. The molecule has 1 fully saturated rings. The number of nitrogens with one attached hydrogen (secondary N) is 3. The first-order chi connectivity index (χ1) is 15.0. The van der Waals surface area contributed by atoms with E-state index in [2.05, 4.69) is 32.3 Å². The van der Waals surface area contributed by atoms with Crippen LogP contribution in [0.25, 0.3) is 22.2 Å². The minimum absolute atomic E-state index is 0.431. The molecule has 5 rings (SSSR count). The fourth-order valence-electron chi connectivity index (χ4n) is 3.91. The zero-order valence-electron chi connectivity index (χ0n) is 17.3. The Bertz CT molecular complexity index is 1330. The van der Waals surface area contributed by atoms with Gasteiger partial charge in [-0.2, -0.15) is 0 Å². The monoisotopic (exact) mass is 432 g/mol. The van der Waals surface area contributed by atoms with Gasteiger partial charge in [-0.25, -0.2) is 14.2 Å². The molecular formula is C23H24N6OS. The van der Waals surface area contributed by atoms with E-state index in [1.807, 2.05) is 55.7 Å². The van der Waals surface area contributed by atoms with Crippen molar-refractivity contribution < 1.29 is 4.21 Å². The fraction of sp³-hybridized carbons (Fsp3) is 0.217. The Morgan fingerprint density at radius 3 is 2.61 bits per heavy atom. The lowest BCUT2D eigenvalue weighted by molar-refractivity contribution is 0.664. The van der Waals surface area contributed by atoms with E-state index in [0.717, 1.165) is 39.1 Å². The summed E-state index contributed by atoms with van der Waals surface area (Å²) in [5, 5.41) is 4.43. The van der Waals surface area contributed by atoms with Gasteiger partial charge in [-0.3, -0.25) is 4.78 Å². The fourth-order valence-corrected chi connectivity index (χ4v) is 5.15. The summed E-state index contributed by atoms with van der Waals surface area (Å²) in [6.45, 7) is 3.33. The molecule has 0 atom stereocenters. The van der Waals surface area contributed by atoms with Crippen LogP contribution in [0.2, 0.25) is 0 Å². The number of anilines is 3. The summed E-state index contributed by atoms with van der Waals surface area (Å²) in [5.74, 6) is 1.41. The van der Waals surface area contributed by atoms with Crippen LogP contribution in [0.15, 0.2) is 60.9 Å². The summed E-state index contributed by atoms with van der Waals surface area (Å²) in [6.07, 6.45) is 3.83. The average Bonchev–Trinajstić information content (AvgIpc) is 3.20.